The van der Waals surface area contributed by atoms with E-state index in [1.165, 1.54) is 4.90 Å². The number of morpholine rings is 1. The van der Waals surface area contributed by atoms with Gasteiger partial charge in [-0.05, 0) is 46.7 Å². The number of methoxy groups -OCH3 is 1. The molecule has 1 fully saturated rings. The maximum absolute atomic E-state index is 12.4. The molecule has 24 heavy (non-hydrogen) atoms. The fourth-order valence-electron chi connectivity index (χ4n) is 2.81. The summed E-state index contributed by atoms with van der Waals surface area (Å²) in [4.78, 5) is 13.9. The largest absolute Gasteiger partial charge is 0.496 e. The smallest absolute Gasteiger partial charge is 0.185 e. The molecule has 5 heteroatoms. The molecule has 0 unspecified atom stereocenters. The van der Waals surface area contributed by atoms with Gasteiger partial charge in [-0.15, -0.1) is 0 Å². The highest BCUT2D eigenvalue weighted by molar-refractivity contribution is 7.08. The van der Waals surface area contributed by atoms with Gasteiger partial charge in [0.1, 0.15) is 25.4 Å². The lowest BCUT2D eigenvalue weighted by Crippen LogP contribution is -3.12. The van der Waals surface area contributed by atoms with Gasteiger partial charge in [-0.1, -0.05) is 6.08 Å². The number of carbonyl (C=O) groups excluding carboxylic acids is 1. The number of nitrogens with one attached hydrogen (secondary N) is 1. The van der Waals surface area contributed by atoms with Gasteiger partial charge in [0.2, 0.25) is 0 Å². The summed E-state index contributed by atoms with van der Waals surface area (Å²) >= 11 is 1.62. The van der Waals surface area contributed by atoms with E-state index in [0.717, 1.165) is 49.7 Å². The highest BCUT2D eigenvalue weighted by Gasteiger charge is 2.17. The molecule has 0 bridgehead atoms. The highest BCUT2D eigenvalue weighted by Crippen LogP contribution is 2.20. The molecule has 2 heterocycles. The Morgan fingerprint density at radius 3 is 2.88 bits per heavy atom. The number of thiophene rings is 1. The Morgan fingerprint density at radius 2 is 2.17 bits per heavy atom. The molecule has 0 amide bonds. The highest BCUT2D eigenvalue weighted by atomic mass is 32.1. The molecule has 1 aliphatic heterocycles. The first-order valence-electron chi connectivity index (χ1n) is 8.09. The summed E-state index contributed by atoms with van der Waals surface area (Å²) in [6.07, 6.45) is 3.49. The van der Waals surface area contributed by atoms with Gasteiger partial charge < -0.3 is 14.4 Å². The summed E-state index contributed by atoms with van der Waals surface area (Å²) in [6, 6.07) is 7.68. The molecule has 0 spiro atoms. The van der Waals surface area contributed by atoms with Gasteiger partial charge in [0.05, 0.1) is 20.3 Å². The van der Waals surface area contributed by atoms with Crippen molar-refractivity contribution in [3.8, 4) is 5.75 Å². The third kappa shape index (κ3) is 4.32. The van der Waals surface area contributed by atoms with Gasteiger partial charge in [0, 0.05) is 11.1 Å². The van der Waals surface area contributed by atoms with Crippen molar-refractivity contribution in [2.24, 2.45) is 0 Å². The molecule has 1 saturated heterocycles. The van der Waals surface area contributed by atoms with Crippen LogP contribution in [0.2, 0.25) is 0 Å². The summed E-state index contributed by atoms with van der Waals surface area (Å²) in [5, 5.41) is 4.02. The molecular formula is C19H22NO3S+. The predicted octanol–water partition coefficient (Wildman–Crippen LogP) is 2.07. The van der Waals surface area contributed by atoms with E-state index >= 15 is 0 Å². The van der Waals surface area contributed by atoms with Crippen LogP contribution in [0.1, 0.15) is 21.5 Å². The van der Waals surface area contributed by atoms with Crippen LogP contribution in [0, 0.1) is 0 Å². The van der Waals surface area contributed by atoms with Crippen molar-refractivity contribution >= 4 is 23.2 Å². The minimum absolute atomic E-state index is 0.0158. The number of benzene rings is 1. The number of allylic oxidation sites excluding steroid dienone is 1. The third-order valence-electron chi connectivity index (χ3n) is 4.18. The summed E-state index contributed by atoms with van der Waals surface area (Å²) < 4.78 is 10.9. The average molecular weight is 344 g/mol. The van der Waals surface area contributed by atoms with E-state index in [-0.39, 0.29) is 5.78 Å². The lowest BCUT2D eigenvalue weighted by Gasteiger charge is -2.24. The molecule has 1 aliphatic rings. The average Bonchev–Trinajstić information content (AvgIpc) is 3.14. The number of ketones is 1. The van der Waals surface area contributed by atoms with Gasteiger partial charge in [0.15, 0.2) is 5.78 Å². The van der Waals surface area contributed by atoms with Gasteiger partial charge in [-0.2, -0.15) is 11.3 Å². The normalized spacial score (nSPS) is 15.7. The number of rotatable bonds is 6. The number of quaternary nitrogens is 1. The van der Waals surface area contributed by atoms with Gasteiger partial charge in [-0.3, -0.25) is 4.79 Å². The van der Waals surface area contributed by atoms with E-state index in [1.54, 1.807) is 24.5 Å². The van der Waals surface area contributed by atoms with Crippen molar-refractivity contribution in [3.05, 3.63) is 57.8 Å². The summed E-state index contributed by atoms with van der Waals surface area (Å²) in [7, 11) is 1.67. The standard InChI is InChI=1S/C19H21NO3S/c1-22-19-5-3-16(18(21)4-2-15-6-11-24-14-15)12-17(19)13-20-7-9-23-10-8-20/h2-6,11-12,14H,7-10,13H2,1H3/p+1/b4-2+. The van der Waals surface area contributed by atoms with Crippen LogP contribution < -0.4 is 9.64 Å². The molecular weight excluding hydrogens is 322 g/mol. The predicted molar refractivity (Wildman–Crippen MR) is 95.9 cm³/mol. The topological polar surface area (TPSA) is 40.0 Å². The molecule has 4 nitrogen and oxygen atoms in total. The maximum atomic E-state index is 12.4. The van der Waals surface area contributed by atoms with Crippen LogP contribution in [0.5, 0.6) is 5.75 Å². The van der Waals surface area contributed by atoms with Crippen LogP contribution in [-0.4, -0.2) is 39.2 Å². The van der Waals surface area contributed by atoms with Crippen molar-refractivity contribution < 1.29 is 19.2 Å². The zero-order valence-electron chi connectivity index (χ0n) is 13.8. The molecule has 1 aromatic heterocycles. The number of ether oxygens (including phenoxy) is 2. The molecule has 0 radical (unpaired) electrons. The van der Waals surface area contributed by atoms with Crippen LogP contribution in [0.15, 0.2) is 41.1 Å². The molecule has 1 N–H and O–H groups in total. The van der Waals surface area contributed by atoms with Crippen LogP contribution in [0.3, 0.4) is 0 Å². The Kier molecular flexibility index (Phi) is 5.80. The zero-order valence-corrected chi connectivity index (χ0v) is 14.6. The number of carbonyl (C=O) groups is 1. The Hall–Kier alpha value is -1.95. The Labute approximate surface area is 146 Å². The van der Waals surface area contributed by atoms with Gasteiger partial charge >= 0.3 is 0 Å². The van der Waals surface area contributed by atoms with E-state index in [1.807, 2.05) is 41.1 Å². The quantitative estimate of drug-likeness (QED) is 0.644. The van der Waals surface area contributed by atoms with Crippen LogP contribution in [0.4, 0.5) is 0 Å². The van der Waals surface area contributed by atoms with Crippen LogP contribution in [-0.2, 0) is 11.3 Å². The molecule has 2 aromatic rings. The molecule has 126 valence electrons. The van der Waals surface area contributed by atoms with Crippen molar-refractivity contribution in [2.45, 2.75) is 6.54 Å². The minimum atomic E-state index is 0.0158. The van der Waals surface area contributed by atoms with Crippen LogP contribution >= 0.6 is 11.3 Å². The summed E-state index contributed by atoms with van der Waals surface area (Å²) in [5.74, 6) is 0.856. The first-order valence-corrected chi connectivity index (χ1v) is 9.03. The van der Waals surface area contributed by atoms with E-state index in [0.29, 0.717) is 5.56 Å². The molecule has 0 saturated carbocycles. The lowest BCUT2D eigenvalue weighted by molar-refractivity contribution is -0.921. The summed E-state index contributed by atoms with van der Waals surface area (Å²) in [6.45, 7) is 4.40. The van der Waals surface area contributed by atoms with Gasteiger partial charge in [0.25, 0.3) is 0 Å². The molecule has 0 aliphatic carbocycles. The van der Waals surface area contributed by atoms with Crippen LogP contribution in [0.25, 0.3) is 6.08 Å². The minimum Gasteiger partial charge on any atom is -0.496 e. The Bertz CT molecular complexity index is 703. The third-order valence-corrected chi connectivity index (χ3v) is 4.88. The first kappa shape index (κ1) is 16.9. The SMILES string of the molecule is COc1ccc(C(=O)/C=C/c2ccsc2)cc1C[NH+]1CCOCC1. The molecule has 3 rings (SSSR count). The molecule has 1 aromatic carbocycles. The monoisotopic (exact) mass is 344 g/mol. The first-order chi connectivity index (χ1) is 11.8. The lowest BCUT2D eigenvalue weighted by atomic mass is 10.0. The maximum Gasteiger partial charge on any atom is 0.185 e. The fraction of sp³-hybridized carbons (Fsp3) is 0.316. The van der Waals surface area contributed by atoms with Crippen molar-refractivity contribution in [2.75, 3.05) is 33.4 Å². The number of hydrogen-bond acceptors (Lipinski definition) is 4. The fourth-order valence-corrected chi connectivity index (χ4v) is 3.44. The number of hydrogen-bond donors (Lipinski definition) is 1. The van der Waals surface area contributed by atoms with Crippen molar-refractivity contribution in [1.29, 1.82) is 0 Å². The second-order valence-electron chi connectivity index (χ2n) is 5.82. The summed E-state index contributed by atoms with van der Waals surface area (Å²) in [5.41, 5.74) is 2.83. The Morgan fingerprint density at radius 1 is 1.33 bits per heavy atom. The second-order valence-corrected chi connectivity index (χ2v) is 6.60. The van der Waals surface area contributed by atoms with E-state index in [4.69, 9.17) is 9.47 Å². The van der Waals surface area contributed by atoms with E-state index in [2.05, 4.69) is 0 Å². The van der Waals surface area contributed by atoms with E-state index in [9.17, 15) is 4.79 Å². The second kappa shape index (κ2) is 8.24. The van der Waals surface area contributed by atoms with E-state index < -0.39 is 0 Å². The van der Waals surface area contributed by atoms with Gasteiger partial charge in [-0.25, -0.2) is 0 Å². The van der Waals surface area contributed by atoms with Crippen molar-refractivity contribution in [3.63, 3.8) is 0 Å². The zero-order chi connectivity index (χ0) is 16.8. The Balaban J connectivity index is 1.76. The van der Waals surface area contributed by atoms with Crippen molar-refractivity contribution in [1.82, 2.24) is 0 Å². The molecule has 0 atom stereocenters.